The fourth-order valence-corrected chi connectivity index (χ4v) is 2.02. The standard InChI is InChI=1S/C11H12OS/c1-2-6-11(7-3-1)13-9-10-5-4-8-12-10/h1-3,6-7,9H,4-5,8H2. The summed E-state index contributed by atoms with van der Waals surface area (Å²) in [5.41, 5.74) is 0. The topological polar surface area (TPSA) is 9.23 Å². The van der Waals surface area contributed by atoms with Crippen LogP contribution in [0.4, 0.5) is 0 Å². The van der Waals surface area contributed by atoms with Crippen LogP contribution >= 0.6 is 11.8 Å². The Bertz CT molecular complexity index is 284. The van der Waals surface area contributed by atoms with E-state index in [0.717, 1.165) is 18.8 Å². The molecule has 0 amide bonds. The number of hydrogen-bond donors (Lipinski definition) is 0. The van der Waals surface area contributed by atoms with E-state index in [2.05, 4.69) is 29.7 Å². The average molecular weight is 192 g/mol. The number of ether oxygens (including phenoxy) is 1. The summed E-state index contributed by atoms with van der Waals surface area (Å²) < 4.78 is 5.41. The molecule has 2 rings (SSSR count). The van der Waals surface area contributed by atoms with Gasteiger partial charge in [-0.1, -0.05) is 30.0 Å². The molecule has 68 valence electrons. The lowest BCUT2D eigenvalue weighted by Gasteiger charge is -1.97. The molecule has 0 spiro atoms. The van der Waals surface area contributed by atoms with Crippen LogP contribution in [0.15, 0.2) is 46.4 Å². The average Bonchev–Trinajstić information content (AvgIpc) is 2.69. The van der Waals surface area contributed by atoms with Crippen molar-refractivity contribution in [2.75, 3.05) is 6.61 Å². The summed E-state index contributed by atoms with van der Waals surface area (Å²) in [6, 6.07) is 10.4. The molecule has 13 heavy (non-hydrogen) atoms. The molecule has 0 radical (unpaired) electrons. The van der Waals surface area contributed by atoms with Crippen LogP contribution in [0.1, 0.15) is 12.8 Å². The first kappa shape index (κ1) is 8.70. The first-order valence-electron chi connectivity index (χ1n) is 4.49. The maximum absolute atomic E-state index is 5.41. The molecule has 0 saturated carbocycles. The minimum absolute atomic E-state index is 0.890. The number of hydrogen-bond acceptors (Lipinski definition) is 2. The van der Waals surface area contributed by atoms with Crippen LogP contribution in [0.5, 0.6) is 0 Å². The molecule has 0 aliphatic carbocycles. The van der Waals surface area contributed by atoms with E-state index < -0.39 is 0 Å². The second kappa shape index (κ2) is 4.38. The van der Waals surface area contributed by atoms with Gasteiger partial charge in [-0.25, -0.2) is 0 Å². The van der Waals surface area contributed by atoms with E-state index in [-0.39, 0.29) is 0 Å². The third-order valence-electron chi connectivity index (χ3n) is 1.92. The Balaban J connectivity index is 1.95. The molecule has 0 unspecified atom stereocenters. The molecule has 1 aliphatic heterocycles. The van der Waals surface area contributed by atoms with Gasteiger partial charge in [-0.3, -0.25) is 0 Å². The zero-order valence-electron chi connectivity index (χ0n) is 7.40. The van der Waals surface area contributed by atoms with E-state index in [0.29, 0.717) is 0 Å². The van der Waals surface area contributed by atoms with Crippen molar-refractivity contribution in [3.8, 4) is 0 Å². The number of rotatable bonds is 2. The maximum Gasteiger partial charge on any atom is 0.103 e. The highest BCUT2D eigenvalue weighted by Gasteiger charge is 2.06. The second-order valence-corrected chi connectivity index (χ2v) is 3.91. The van der Waals surface area contributed by atoms with Gasteiger partial charge in [-0.2, -0.15) is 0 Å². The second-order valence-electron chi connectivity index (χ2n) is 2.97. The minimum Gasteiger partial charge on any atom is -0.497 e. The van der Waals surface area contributed by atoms with Gasteiger partial charge in [0.1, 0.15) is 5.76 Å². The summed E-state index contributed by atoms with van der Waals surface area (Å²) >= 11 is 1.73. The lowest BCUT2D eigenvalue weighted by atomic mass is 10.3. The van der Waals surface area contributed by atoms with Crippen molar-refractivity contribution >= 4 is 11.8 Å². The molecule has 1 aromatic rings. The molecule has 1 aromatic carbocycles. The molecular weight excluding hydrogens is 180 g/mol. The van der Waals surface area contributed by atoms with Crippen molar-refractivity contribution in [3.63, 3.8) is 0 Å². The molecule has 1 nitrogen and oxygen atoms in total. The van der Waals surface area contributed by atoms with E-state index in [9.17, 15) is 0 Å². The molecule has 1 heterocycles. The highest BCUT2D eigenvalue weighted by molar-refractivity contribution is 8.02. The highest BCUT2D eigenvalue weighted by Crippen LogP contribution is 2.24. The van der Waals surface area contributed by atoms with Crippen LogP contribution in [-0.2, 0) is 4.74 Å². The summed E-state index contributed by atoms with van der Waals surface area (Å²) in [5, 5.41) is 2.11. The highest BCUT2D eigenvalue weighted by atomic mass is 32.2. The van der Waals surface area contributed by atoms with Gasteiger partial charge < -0.3 is 4.74 Å². The molecule has 0 N–H and O–H groups in total. The zero-order valence-corrected chi connectivity index (χ0v) is 8.22. The molecule has 0 bridgehead atoms. The Hall–Kier alpha value is -0.890. The third-order valence-corrected chi connectivity index (χ3v) is 2.85. The van der Waals surface area contributed by atoms with Crippen LogP contribution in [0.3, 0.4) is 0 Å². The third kappa shape index (κ3) is 2.52. The van der Waals surface area contributed by atoms with Crippen molar-refractivity contribution in [2.45, 2.75) is 17.7 Å². The number of thioether (sulfide) groups is 1. The summed E-state index contributed by atoms with van der Waals surface area (Å²) in [7, 11) is 0. The van der Waals surface area contributed by atoms with Crippen LogP contribution < -0.4 is 0 Å². The molecule has 1 saturated heterocycles. The van der Waals surface area contributed by atoms with E-state index in [1.165, 1.54) is 11.3 Å². The van der Waals surface area contributed by atoms with Gasteiger partial charge in [0.15, 0.2) is 0 Å². The van der Waals surface area contributed by atoms with E-state index in [1.807, 2.05) is 6.07 Å². The molecule has 0 aromatic heterocycles. The van der Waals surface area contributed by atoms with E-state index >= 15 is 0 Å². The molecular formula is C11H12OS. The molecule has 1 aliphatic rings. The Morgan fingerprint density at radius 3 is 2.77 bits per heavy atom. The summed E-state index contributed by atoms with van der Waals surface area (Å²) in [5.74, 6) is 1.13. The fourth-order valence-electron chi connectivity index (χ4n) is 1.25. The summed E-state index contributed by atoms with van der Waals surface area (Å²) in [6.45, 7) is 0.890. The Morgan fingerprint density at radius 2 is 2.08 bits per heavy atom. The van der Waals surface area contributed by atoms with Gasteiger partial charge in [0.05, 0.1) is 6.61 Å². The van der Waals surface area contributed by atoms with Crippen molar-refractivity contribution < 1.29 is 4.74 Å². The maximum atomic E-state index is 5.41. The zero-order chi connectivity index (χ0) is 8.93. The van der Waals surface area contributed by atoms with Crippen molar-refractivity contribution in [1.29, 1.82) is 0 Å². The van der Waals surface area contributed by atoms with Gasteiger partial charge in [0.25, 0.3) is 0 Å². The van der Waals surface area contributed by atoms with Crippen LogP contribution in [0, 0.1) is 0 Å². The summed E-state index contributed by atoms with van der Waals surface area (Å²) in [6.07, 6.45) is 2.26. The summed E-state index contributed by atoms with van der Waals surface area (Å²) in [4.78, 5) is 1.27. The van der Waals surface area contributed by atoms with Gasteiger partial charge in [0, 0.05) is 16.7 Å². The van der Waals surface area contributed by atoms with Gasteiger partial charge >= 0.3 is 0 Å². The van der Waals surface area contributed by atoms with E-state index in [1.54, 1.807) is 11.8 Å². The predicted octanol–water partition coefficient (Wildman–Crippen LogP) is 3.43. The Labute approximate surface area is 82.8 Å². The van der Waals surface area contributed by atoms with Gasteiger partial charge in [-0.15, -0.1) is 0 Å². The molecule has 0 atom stereocenters. The quantitative estimate of drug-likeness (QED) is 0.664. The van der Waals surface area contributed by atoms with E-state index in [4.69, 9.17) is 4.74 Å². The number of benzene rings is 1. The van der Waals surface area contributed by atoms with Crippen molar-refractivity contribution in [3.05, 3.63) is 41.5 Å². The lowest BCUT2D eigenvalue weighted by Crippen LogP contribution is -1.76. The molecule has 1 fully saturated rings. The van der Waals surface area contributed by atoms with Crippen molar-refractivity contribution in [2.24, 2.45) is 0 Å². The first-order chi connectivity index (χ1) is 6.45. The number of allylic oxidation sites excluding steroid dienone is 1. The van der Waals surface area contributed by atoms with Crippen LogP contribution in [0.2, 0.25) is 0 Å². The monoisotopic (exact) mass is 192 g/mol. The van der Waals surface area contributed by atoms with Crippen LogP contribution in [0.25, 0.3) is 0 Å². The minimum atomic E-state index is 0.890. The lowest BCUT2D eigenvalue weighted by molar-refractivity contribution is 0.264. The van der Waals surface area contributed by atoms with Crippen LogP contribution in [-0.4, -0.2) is 6.61 Å². The Kier molecular flexibility index (Phi) is 2.93. The fraction of sp³-hybridized carbons (Fsp3) is 0.273. The van der Waals surface area contributed by atoms with Gasteiger partial charge in [0.2, 0.25) is 0 Å². The van der Waals surface area contributed by atoms with Crippen molar-refractivity contribution in [1.82, 2.24) is 0 Å². The smallest absolute Gasteiger partial charge is 0.103 e. The van der Waals surface area contributed by atoms with Gasteiger partial charge in [-0.05, 0) is 18.6 Å². The normalized spacial score (nSPS) is 18.9. The largest absolute Gasteiger partial charge is 0.497 e. The predicted molar refractivity (Wildman–Crippen MR) is 55.6 cm³/mol. The SMILES string of the molecule is C(Sc1ccccc1)=C1CCCO1. The Morgan fingerprint density at radius 1 is 1.23 bits per heavy atom. The first-order valence-corrected chi connectivity index (χ1v) is 5.37. The molecule has 2 heteroatoms.